The Labute approximate surface area is 92.8 Å². The van der Waals surface area contributed by atoms with Gasteiger partial charge in [-0.1, -0.05) is 30.7 Å². The number of nitrogens with one attached hydrogen (secondary N) is 1. The molecule has 3 heteroatoms. The van der Waals surface area contributed by atoms with E-state index in [2.05, 4.69) is 24.2 Å². The van der Waals surface area contributed by atoms with Gasteiger partial charge in [0.1, 0.15) is 0 Å². The van der Waals surface area contributed by atoms with Gasteiger partial charge in [0.25, 0.3) is 0 Å². The van der Waals surface area contributed by atoms with E-state index in [1.54, 1.807) is 0 Å². The van der Waals surface area contributed by atoms with Crippen LogP contribution in [-0.2, 0) is 5.75 Å². The fourth-order valence-electron chi connectivity index (χ4n) is 1.51. The fourth-order valence-corrected chi connectivity index (χ4v) is 2.40. The molecule has 14 heavy (non-hydrogen) atoms. The van der Waals surface area contributed by atoms with Gasteiger partial charge in [-0.15, -0.1) is 0 Å². The Morgan fingerprint density at radius 1 is 1.43 bits per heavy atom. The second kappa shape index (κ2) is 4.28. The highest BCUT2D eigenvalue weighted by Crippen LogP contribution is 2.27. The summed E-state index contributed by atoms with van der Waals surface area (Å²) in [5, 5.41) is 2.05. The number of aromatic nitrogens is 1. The van der Waals surface area contributed by atoms with E-state index in [1.807, 2.05) is 23.9 Å². The van der Waals surface area contributed by atoms with Crippen molar-refractivity contribution in [3.8, 4) is 0 Å². The molecule has 0 fully saturated rings. The Morgan fingerprint density at radius 2 is 2.29 bits per heavy atom. The summed E-state index contributed by atoms with van der Waals surface area (Å²) in [6.45, 7) is 2.17. The Balaban J connectivity index is 2.42. The van der Waals surface area contributed by atoms with E-state index in [1.165, 1.54) is 10.9 Å². The van der Waals surface area contributed by atoms with E-state index in [0.29, 0.717) is 0 Å². The predicted molar refractivity (Wildman–Crippen MR) is 65.1 cm³/mol. The molecule has 1 aromatic heterocycles. The largest absolute Gasteiger partial charge is 0.360 e. The zero-order chi connectivity index (χ0) is 9.97. The van der Waals surface area contributed by atoms with Gasteiger partial charge in [0, 0.05) is 17.3 Å². The van der Waals surface area contributed by atoms with E-state index in [9.17, 15) is 0 Å². The number of hydrogen-bond donors (Lipinski definition) is 1. The smallest absolute Gasteiger partial charge is 0.0647 e. The van der Waals surface area contributed by atoms with E-state index in [-0.39, 0.29) is 0 Å². The van der Waals surface area contributed by atoms with Gasteiger partial charge in [0.15, 0.2) is 0 Å². The molecule has 0 saturated carbocycles. The molecule has 0 aliphatic rings. The molecule has 1 N–H and O–H groups in total. The SMILES string of the molecule is CCSCc1c[nH]c2c(Cl)cccc12. The maximum absolute atomic E-state index is 6.07. The van der Waals surface area contributed by atoms with Crippen molar-refractivity contribution in [2.45, 2.75) is 12.7 Å². The lowest BCUT2D eigenvalue weighted by Gasteiger charge is -1.97. The van der Waals surface area contributed by atoms with Gasteiger partial charge in [-0.25, -0.2) is 0 Å². The van der Waals surface area contributed by atoms with Crippen LogP contribution in [0.3, 0.4) is 0 Å². The lowest BCUT2D eigenvalue weighted by atomic mass is 10.2. The average molecular weight is 226 g/mol. The second-order valence-corrected chi connectivity index (χ2v) is 4.79. The van der Waals surface area contributed by atoms with Crippen molar-refractivity contribution in [3.05, 3.63) is 35.0 Å². The first-order valence-corrected chi connectivity index (χ1v) is 6.18. The number of benzene rings is 1. The number of fused-ring (bicyclic) bond motifs is 1. The Kier molecular flexibility index (Phi) is 3.04. The van der Waals surface area contributed by atoms with Crippen molar-refractivity contribution < 1.29 is 0 Å². The molecular formula is C11H12ClNS. The summed E-state index contributed by atoms with van der Waals surface area (Å²) in [5.74, 6) is 2.20. The number of halogens is 1. The molecule has 0 radical (unpaired) electrons. The molecule has 0 unspecified atom stereocenters. The molecule has 0 bridgehead atoms. The molecule has 0 saturated heterocycles. The third kappa shape index (κ3) is 1.77. The molecule has 2 rings (SSSR count). The molecule has 0 amide bonds. The maximum Gasteiger partial charge on any atom is 0.0647 e. The van der Waals surface area contributed by atoms with Crippen LogP contribution in [0.2, 0.25) is 5.02 Å². The minimum Gasteiger partial charge on any atom is -0.360 e. The lowest BCUT2D eigenvalue weighted by Crippen LogP contribution is -1.77. The molecule has 1 nitrogen and oxygen atoms in total. The molecule has 0 atom stereocenters. The van der Waals surface area contributed by atoms with E-state index < -0.39 is 0 Å². The first kappa shape index (κ1) is 9.94. The number of H-pyrrole nitrogens is 1. The molecule has 74 valence electrons. The molecule has 2 aromatic rings. The van der Waals surface area contributed by atoms with Crippen molar-refractivity contribution in [2.75, 3.05) is 5.75 Å². The van der Waals surface area contributed by atoms with Crippen LogP contribution in [0, 0.1) is 0 Å². The number of hydrogen-bond acceptors (Lipinski definition) is 1. The summed E-state index contributed by atoms with van der Waals surface area (Å²) < 4.78 is 0. The van der Waals surface area contributed by atoms with Crippen LogP contribution >= 0.6 is 23.4 Å². The van der Waals surface area contributed by atoms with Gasteiger partial charge < -0.3 is 4.98 Å². The zero-order valence-corrected chi connectivity index (χ0v) is 9.58. The summed E-state index contributed by atoms with van der Waals surface area (Å²) in [7, 11) is 0. The third-order valence-corrected chi connectivity index (χ3v) is 3.45. The minimum absolute atomic E-state index is 0.801. The van der Waals surface area contributed by atoms with Crippen molar-refractivity contribution in [1.29, 1.82) is 0 Å². The highest BCUT2D eigenvalue weighted by molar-refractivity contribution is 7.98. The van der Waals surface area contributed by atoms with Crippen LogP contribution in [0.25, 0.3) is 10.9 Å². The summed E-state index contributed by atoms with van der Waals surface area (Å²) in [6, 6.07) is 6.03. The number of aromatic amines is 1. The van der Waals surface area contributed by atoms with Crippen LogP contribution in [0.4, 0.5) is 0 Å². The van der Waals surface area contributed by atoms with Gasteiger partial charge in [0.05, 0.1) is 10.5 Å². The Hall–Kier alpha value is -0.600. The van der Waals surface area contributed by atoms with Crippen LogP contribution in [0.5, 0.6) is 0 Å². The monoisotopic (exact) mass is 225 g/mol. The summed E-state index contributed by atoms with van der Waals surface area (Å²) in [6.07, 6.45) is 2.05. The van der Waals surface area contributed by atoms with Gasteiger partial charge >= 0.3 is 0 Å². The van der Waals surface area contributed by atoms with Crippen molar-refractivity contribution in [3.63, 3.8) is 0 Å². The number of thioether (sulfide) groups is 1. The van der Waals surface area contributed by atoms with Gasteiger partial charge in [-0.2, -0.15) is 11.8 Å². The highest BCUT2D eigenvalue weighted by atomic mass is 35.5. The molecule has 0 aliphatic carbocycles. The zero-order valence-electron chi connectivity index (χ0n) is 8.01. The van der Waals surface area contributed by atoms with Crippen LogP contribution in [-0.4, -0.2) is 10.7 Å². The summed E-state index contributed by atoms with van der Waals surface area (Å²) in [4.78, 5) is 3.22. The molecule has 1 aromatic carbocycles. The standard InChI is InChI=1S/C11H12ClNS/c1-2-14-7-8-6-13-11-9(8)4-3-5-10(11)12/h3-6,13H,2,7H2,1H3. The highest BCUT2D eigenvalue weighted by Gasteiger charge is 2.05. The number of rotatable bonds is 3. The first-order chi connectivity index (χ1) is 6.83. The van der Waals surface area contributed by atoms with Crippen LogP contribution < -0.4 is 0 Å². The normalized spacial score (nSPS) is 11.0. The van der Waals surface area contributed by atoms with Gasteiger partial charge in [-0.3, -0.25) is 0 Å². The van der Waals surface area contributed by atoms with Crippen molar-refractivity contribution in [2.24, 2.45) is 0 Å². The fraction of sp³-hybridized carbons (Fsp3) is 0.273. The molecular weight excluding hydrogens is 214 g/mol. The second-order valence-electron chi connectivity index (χ2n) is 3.11. The molecule has 0 aliphatic heterocycles. The summed E-state index contributed by atoms with van der Waals surface area (Å²) >= 11 is 7.99. The summed E-state index contributed by atoms with van der Waals surface area (Å²) in [5.41, 5.74) is 2.40. The van der Waals surface area contributed by atoms with Crippen molar-refractivity contribution in [1.82, 2.24) is 4.98 Å². The van der Waals surface area contributed by atoms with Crippen LogP contribution in [0.15, 0.2) is 24.4 Å². The van der Waals surface area contributed by atoms with Gasteiger partial charge in [0.2, 0.25) is 0 Å². The third-order valence-electron chi connectivity index (χ3n) is 2.21. The van der Waals surface area contributed by atoms with E-state index >= 15 is 0 Å². The average Bonchev–Trinajstić information content (AvgIpc) is 2.60. The van der Waals surface area contributed by atoms with E-state index in [4.69, 9.17) is 11.6 Å². The molecule has 1 heterocycles. The van der Waals surface area contributed by atoms with Gasteiger partial charge in [-0.05, 0) is 17.4 Å². The van der Waals surface area contributed by atoms with Crippen LogP contribution in [0.1, 0.15) is 12.5 Å². The van der Waals surface area contributed by atoms with Crippen molar-refractivity contribution >= 4 is 34.3 Å². The van der Waals surface area contributed by atoms with E-state index in [0.717, 1.165) is 22.0 Å². The minimum atomic E-state index is 0.801. The first-order valence-electron chi connectivity index (χ1n) is 4.65. The topological polar surface area (TPSA) is 15.8 Å². The maximum atomic E-state index is 6.07. The molecule has 0 spiro atoms. The Morgan fingerprint density at radius 3 is 3.07 bits per heavy atom. The predicted octanol–water partition coefficient (Wildman–Crippen LogP) is 4.07. The lowest BCUT2D eigenvalue weighted by molar-refractivity contribution is 1.39. The Bertz CT molecular complexity index is 436. The number of para-hydroxylation sites is 1. The quantitative estimate of drug-likeness (QED) is 0.833.